The molecule has 1 aliphatic heterocycles. The molecule has 1 N–H and O–H groups in total. The summed E-state index contributed by atoms with van der Waals surface area (Å²) in [5, 5.41) is 2.82. The Hall–Kier alpha value is -1.62. The summed E-state index contributed by atoms with van der Waals surface area (Å²) >= 11 is 5.68. The highest BCUT2D eigenvalue weighted by Crippen LogP contribution is 2.43. The second kappa shape index (κ2) is 4.70. The maximum absolute atomic E-state index is 13.7. The van der Waals surface area contributed by atoms with Crippen molar-refractivity contribution < 1.29 is 14.0 Å². The minimum atomic E-state index is -0.903. The van der Waals surface area contributed by atoms with E-state index in [9.17, 15) is 14.0 Å². The van der Waals surface area contributed by atoms with Gasteiger partial charge in [0, 0.05) is 5.69 Å². The van der Waals surface area contributed by atoms with E-state index in [2.05, 4.69) is 5.32 Å². The van der Waals surface area contributed by atoms with Gasteiger partial charge >= 0.3 is 0 Å². The van der Waals surface area contributed by atoms with E-state index in [1.807, 2.05) is 0 Å². The van der Waals surface area contributed by atoms with E-state index in [4.69, 9.17) is 11.6 Å². The summed E-state index contributed by atoms with van der Waals surface area (Å²) in [5.41, 5.74) is -0.546. The number of benzene rings is 1. The van der Waals surface area contributed by atoms with Gasteiger partial charge in [0.1, 0.15) is 17.4 Å². The van der Waals surface area contributed by atoms with Gasteiger partial charge in [0.25, 0.3) is 5.91 Å². The third-order valence-corrected chi connectivity index (χ3v) is 4.69. The van der Waals surface area contributed by atoms with Gasteiger partial charge in [0.15, 0.2) is 0 Å². The first kappa shape index (κ1) is 14.3. The molecule has 6 heteroatoms. The van der Waals surface area contributed by atoms with E-state index in [1.54, 1.807) is 19.9 Å². The Morgan fingerprint density at radius 1 is 1.38 bits per heavy atom. The van der Waals surface area contributed by atoms with Crippen molar-refractivity contribution in [3.05, 3.63) is 29.0 Å². The number of hydrogen-bond donors (Lipinski definition) is 1. The lowest BCUT2D eigenvalue weighted by molar-refractivity contribution is -0.138. The number of halogens is 2. The summed E-state index contributed by atoms with van der Waals surface area (Å²) < 4.78 is 13.7. The molecule has 1 aromatic carbocycles. The van der Waals surface area contributed by atoms with Crippen LogP contribution in [-0.4, -0.2) is 23.4 Å². The molecule has 1 heterocycles. The van der Waals surface area contributed by atoms with Crippen molar-refractivity contribution in [3.63, 3.8) is 0 Å². The molecular formula is C15H16ClFN2O2. The van der Waals surface area contributed by atoms with Gasteiger partial charge in [-0.3, -0.25) is 14.5 Å². The predicted molar refractivity (Wildman–Crippen MR) is 77.6 cm³/mol. The highest BCUT2D eigenvalue weighted by atomic mass is 35.5. The first-order valence-corrected chi connectivity index (χ1v) is 7.33. The van der Waals surface area contributed by atoms with Crippen LogP contribution in [0.2, 0.25) is 5.02 Å². The van der Waals surface area contributed by atoms with E-state index in [-0.39, 0.29) is 22.8 Å². The molecule has 1 saturated carbocycles. The number of nitrogens with zero attached hydrogens (tertiary/aromatic N) is 1. The third kappa shape index (κ3) is 2.20. The van der Waals surface area contributed by atoms with Crippen LogP contribution in [0.3, 0.4) is 0 Å². The van der Waals surface area contributed by atoms with Crippen LogP contribution in [0.5, 0.6) is 0 Å². The summed E-state index contributed by atoms with van der Waals surface area (Å²) in [6.45, 7) is 3.38. The average Bonchev–Trinajstić information content (AvgIpc) is 3.26. The highest BCUT2D eigenvalue weighted by molar-refractivity contribution is 6.30. The van der Waals surface area contributed by atoms with Crippen LogP contribution in [-0.2, 0) is 9.59 Å². The molecule has 1 aliphatic carbocycles. The lowest BCUT2D eigenvalue weighted by Gasteiger charge is -2.43. The molecule has 2 amide bonds. The van der Waals surface area contributed by atoms with Crippen molar-refractivity contribution in [2.45, 2.75) is 38.3 Å². The Morgan fingerprint density at radius 3 is 2.62 bits per heavy atom. The molecule has 112 valence electrons. The van der Waals surface area contributed by atoms with E-state index >= 15 is 0 Å². The summed E-state index contributed by atoms with van der Waals surface area (Å²) in [7, 11) is 0. The SMILES string of the molecule is CC1C(=O)NC(C)(C2CC2)C(=O)N1c1ccc(Cl)c(F)c1. The van der Waals surface area contributed by atoms with Crippen molar-refractivity contribution in [2.24, 2.45) is 5.92 Å². The summed E-state index contributed by atoms with van der Waals surface area (Å²) in [6, 6.07) is 3.48. The summed E-state index contributed by atoms with van der Waals surface area (Å²) in [4.78, 5) is 26.4. The second-order valence-corrected chi connectivity index (χ2v) is 6.32. The maximum atomic E-state index is 13.7. The second-order valence-electron chi connectivity index (χ2n) is 5.92. The van der Waals surface area contributed by atoms with Gasteiger partial charge in [-0.1, -0.05) is 11.6 Å². The Bertz CT molecular complexity index is 632. The molecule has 1 aromatic rings. The fourth-order valence-corrected chi connectivity index (χ4v) is 2.99. The van der Waals surface area contributed by atoms with Crippen LogP contribution in [0, 0.1) is 11.7 Å². The van der Waals surface area contributed by atoms with Crippen LogP contribution < -0.4 is 10.2 Å². The maximum Gasteiger partial charge on any atom is 0.253 e. The van der Waals surface area contributed by atoms with Crippen molar-refractivity contribution in [2.75, 3.05) is 4.90 Å². The highest BCUT2D eigenvalue weighted by Gasteiger charge is 2.54. The lowest BCUT2D eigenvalue weighted by atomic mass is 9.89. The minimum Gasteiger partial charge on any atom is -0.340 e. The zero-order chi connectivity index (χ0) is 15.4. The molecular weight excluding hydrogens is 295 g/mol. The summed E-state index contributed by atoms with van der Waals surface area (Å²) in [5.74, 6) is -0.868. The van der Waals surface area contributed by atoms with Gasteiger partial charge in [-0.05, 0) is 50.8 Å². The van der Waals surface area contributed by atoms with Gasteiger partial charge in [0.05, 0.1) is 5.02 Å². The van der Waals surface area contributed by atoms with E-state index in [0.29, 0.717) is 5.69 Å². The summed E-state index contributed by atoms with van der Waals surface area (Å²) in [6.07, 6.45) is 1.83. The van der Waals surface area contributed by atoms with Gasteiger partial charge in [0.2, 0.25) is 5.91 Å². The van der Waals surface area contributed by atoms with Crippen molar-refractivity contribution in [1.82, 2.24) is 5.32 Å². The van der Waals surface area contributed by atoms with Crippen LogP contribution in [0.25, 0.3) is 0 Å². The van der Waals surface area contributed by atoms with Crippen LogP contribution in [0.1, 0.15) is 26.7 Å². The molecule has 2 aliphatic rings. The number of amides is 2. The lowest BCUT2D eigenvalue weighted by Crippen LogP contribution is -2.69. The zero-order valence-electron chi connectivity index (χ0n) is 11.8. The Labute approximate surface area is 127 Å². The van der Waals surface area contributed by atoms with Crippen molar-refractivity contribution in [3.8, 4) is 0 Å². The van der Waals surface area contributed by atoms with Crippen molar-refractivity contribution >= 4 is 29.1 Å². The predicted octanol–water partition coefficient (Wildman–Crippen LogP) is 2.50. The largest absolute Gasteiger partial charge is 0.340 e. The fourth-order valence-electron chi connectivity index (χ4n) is 2.87. The quantitative estimate of drug-likeness (QED) is 0.912. The third-order valence-electron chi connectivity index (χ3n) is 4.39. The van der Waals surface area contributed by atoms with E-state index in [1.165, 1.54) is 17.0 Å². The number of anilines is 1. The molecule has 2 fully saturated rings. The van der Waals surface area contributed by atoms with E-state index < -0.39 is 17.4 Å². The molecule has 0 bridgehead atoms. The molecule has 1 saturated heterocycles. The topological polar surface area (TPSA) is 49.4 Å². The van der Waals surface area contributed by atoms with Crippen LogP contribution in [0.4, 0.5) is 10.1 Å². The molecule has 3 rings (SSSR count). The van der Waals surface area contributed by atoms with E-state index in [0.717, 1.165) is 12.8 Å². The Kier molecular flexibility index (Phi) is 3.20. The number of rotatable bonds is 2. The van der Waals surface area contributed by atoms with Crippen molar-refractivity contribution in [1.29, 1.82) is 0 Å². The standard InChI is InChI=1S/C15H16ClFN2O2/c1-8-13(20)18-15(2,9-3-4-9)14(21)19(8)10-5-6-11(16)12(17)7-10/h5-9H,3-4H2,1-2H3,(H,18,20). The van der Waals surface area contributed by atoms with Gasteiger partial charge in [-0.2, -0.15) is 0 Å². The van der Waals surface area contributed by atoms with Crippen LogP contribution >= 0.6 is 11.6 Å². The number of hydrogen-bond acceptors (Lipinski definition) is 2. The fraction of sp³-hybridized carbons (Fsp3) is 0.467. The first-order valence-electron chi connectivity index (χ1n) is 6.95. The number of nitrogens with one attached hydrogen (secondary N) is 1. The Morgan fingerprint density at radius 2 is 2.05 bits per heavy atom. The molecule has 21 heavy (non-hydrogen) atoms. The number of piperazine rings is 1. The van der Waals surface area contributed by atoms with Gasteiger partial charge in [-0.25, -0.2) is 4.39 Å². The van der Waals surface area contributed by atoms with Gasteiger partial charge < -0.3 is 5.32 Å². The number of carbonyl (C=O) groups is 2. The molecule has 0 radical (unpaired) electrons. The van der Waals surface area contributed by atoms with Crippen LogP contribution in [0.15, 0.2) is 18.2 Å². The number of carbonyl (C=O) groups excluding carboxylic acids is 2. The first-order chi connectivity index (χ1) is 9.84. The molecule has 0 aromatic heterocycles. The molecule has 2 unspecified atom stereocenters. The zero-order valence-corrected chi connectivity index (χ0v) is 12.6. The van der Waals surface area contributed by atoms with Gasteiger partial charge in [-0.15, -0.1) is 0 Å². The average molecular weight is 311 g/mol. The monoisotopic (exact) mass is 310 g/mol. The normalized spacial score (nSPS) is 29.5. The molecule has 0 spiro atoms. The Balaban J connectivity index is 2.03. The smallest absolute Gasteiger partial charge is 0.253 e. The molecule has 2 atom stereocenters. The minimum absolute atomic E-state index is 0.00901. The molecule has 4 nitrogen and oxygen atoms in total.